The van der Waals surface area contributed by atoms with E-state index in [9.17, 15) is 0 Å². The van der Waals surface area contributed by atoms with Gasteiger partial charge in [-0.3, -0.25) is 0 Å². The molecule has 2 aromatic carbocycles. The average molecular weight is 379 g/mol. The molecule has 0 unspecified atom stereocenters. The van der Waals surface area contributed by atoms with E-state index in [1.54, 1.807) is 6.07 Å². The standard InChI is InChI=1S/C13H9Cl2IO/c14-10-6-5-9(7-11(10)15)8-17-13-4-2-1-3-12(13)16/h1-7H,8H2. The zero-order valence-corrected chi connectivity index (χ0v) is 12.5. The molecule has 0 aliphatic carbocycles. The van der Waals surface area contributed by atoms with E-state index in [1.165, 1.54) is 0 Å². The first-order valence-electron chi connectivity index (χ1n) is 4.98. The molecule has 0 N–H and O–H groups in total. The minimum Gasteiger partial charge on any atom is -0.488 e. The van der Waals surface area contributed by atoms with Gasteiger partial charge in [0.15, 0.2) is 0 Å². The summed E-state index contributed by atoms with van der Waals surface area (Å²) in [4.78, 5) is 0. The molecule has 0 saturated carbocycles. The first kappa shape index (κ1) is 13.0. The van der Waals surface area contributed by atoms with Gasteiger partial charge in [0.2, 0.25) is 0 Å². The summed E-state index contributed by atoms with van der Waals surface area (Å²) in [5.41, 5.74) is 0.999. The van der Waals surface area contributed by atoms with Crippen molar-refractivity contribution in [3.05, 3.63) is 61.6 Å². The zero-order valence-electron chi connectivity index (χ0n) is 8.79. The molecule has 0 atom stereocenters. The summed E-state index contributed by atoms with van der Waals surface area (Å²) in [5, 5.41) is 1.11. The zero-order chi connectivity index (χ0) is 12.3. The van der Waals surface area contributed by atoms with Gasteiger partial charge >= 0.3 is 0 Å². The molecule has 0 heterocycles. The highest BCUT2D eigenvalue weighted by Gasteiger charge is 2.02. The average Bonchev–Trinajstić information content (AvgIpc) is 2.32. The van der Waals surface area contributed by atoms with Crippen LogP contribution in [0.4, 0.5) is 0 Å². The summed E-state index contributed by atoms with van der Waals surface area (Å²) in [6.45, 7) is 0.483. The predicted molar refractivity (Wildman–Crippen MR) is 80.0 cm³/mol. The molecule has 2 rings (SSSR count). The van der Waals surface area contributed by atoms with Crippen molar-refractivity contribution in [2.24, 2.45) is 0 Å². The lowest BCUT2D eigenvalue weighted by Crippen LogP contribution is -1.96. The SMILES string of the molecule is Clc1ccc(COc2ccccc2I)cc1Cl. The summed E-state index contributed by atoms with van der Waals surface area (Å²) < 4.78 is 6.80. The van der Waals surface area contributed by atoms with Crippen LogP contribution in [0.15, 0.2) is 42.5 Å². The normalized spacial score (nSPS) is 10.3. The molecule has 17 heavy (non-hydrogen) atoms. The second-order valence-electron chi connectivity index (χ2n) is 3.47. The van der Waals surface area contributed by atoms with E-state index in [1.807, 2.05) is 36.4 Å². The van der Waals surface area contributed by atoms with Crippen LogP contribution in [-0.2, 0) is 6.61 Å². The second-order valence-corrected chi connectivity index (χ2v) is 5.44. The number of hydrogen-bond donors (Lipinski definition) is 0. The maximum absolute atomic E-state index is 5.94. The third-order valence-corrected chi connectivity index (χ3v) is 3.85. The number of ether oxygens (including phenoxy) is 1. The van der Waals surface area contributed by atoms with E-state index in [0.717, 1.165) is 14.9 Å². The van der Waals surface area contributed by atoms with Gasteiger partial charge < -0.3 is 4.74 Å². The molecule has 0 aliphatic rings. The highest BCUT2D eigenvalue weighted by molar-refractivity contribution is 14.1. The molecule has 0 bridgehead atoms. The first-order chi connectivity index (χ1) is 8.16. The molecule has 0 spiro atoms. The summed E-state index contributed by atoms with van der Waals surface area (Å²) in [6.07, 6.45) is 0. The van der Waals surface area contributed by atoms with Crippen molar-refractivity contribution in [3.8, 4) is 5.75 Å². The number of rotatable bonds is 3. The Morgan fingerprint density at radius 2 is 1.76 bits per heavy atom. The largest absolute Gasteiger partial charge is 0.488 e. The van der Waals surface area contributed by atoms with E-state index in [0.29, 0.717) is 16.7 Å². The predicted octanol–water partition coefficient (Wildman–Crippen LogP) is 5.18. The van der Waals surface area contributed by atoms with Crippen LogP contribution in [0.25, 0.3) is 0 Å². The molecular formula is C13H9Cl2IO. The van der Waals surface area contributed by atoms with E-state index in [4.69, 9.17) is 27.9 Å². The van der Waals surface area contributed by atoms with Gasteiger partial charge in [-0.2, -0.15) is 0 Å². The van der Waals surface area contributed by atoms with Gasteiger partial charge in [0.05, 0.1) is 13.6 Å². The fourth-order valence-corrected chi connectivity index (χ4v) is 2.22. The Bertz CT molecular complexity index is 529. The van der Waals surface area contributed by atoms with Crippen molar-refractivity contribution < 1.29 is 4.74 Å². The Kier molecular flexibility index (Phi) is 4.54. The van der Waals surface area contributed by atoms with E-state index in [2.05, 4.69) is 22.6 Å². The molecule has 0 saturated heterocycles. The smallest absolute Gasteiger partial charge is 0.133 e. The highest BCUT2D eigenvalue weighted by atomic mass is 127. The molecule has 0 aromatic heterocycles. The van der Waals surface area contributed by atoms with E-state index < -0.39 is 0 Å². The van der Waals surface area contributed by atoms with Crippen molar-refractivity contribution in [1.82, 2.24) is 0 Å². The van der Waals surface area contributed by atoms with Gasteiger partial charge in [0.1, 0.15) is 12.4 Å². The number of halogens is 3. The highest BCUT2D eigenvalue weighted by Crippen LogP contribution is 2.24. The summed E-state index contributed by atoms with van der Waals surface area (Å²) >= 11 is 14.0. The lowest BCUT2D eigenvalue weighted by atomic mass is 10.2. The van der Waals surface area contributed by atoms with Crippen LogP contribution >= 0.6 is 45.8 Å². The second kappa shape index (κ2) is 5.94. The molecule has 0 radical (unpaired) electrons. The molecule has 4 heteroatoms. The van der Waals surface area contributed by atoms with Gasteiger partial charge in [-0.15, -0.1) is 0 Å². The van der Waals surface area contributed by atoms with Gasteiger partial charge in [-0.05, 0) is 52.4 Å². The summed E-state index contributed by atoms with van der Waals surface area (Å²) in [6, 6.07) is 13.4. The van der Waals surface area contributed by atoms with Crippen LogP contribution in [0.3, 0.4) is 0 Å². The maximum atomic E-state index is 5.94. The molecule has 88 valence electrons. The minimum absolute atomic E-state index is 0.483. The lowest BCUT2D eigenvalue weighted by Gasteiger charge is -2.08. The fourth-order valence-electron chi connectivity index (χ4n) is 1.35. The van der Waals surface area contributed by atoms with E-state index in [-0.39, 0.29) is 0 Å². The van der Waals surface area contributed by atoms with Gasteiger partial charge in [0, 0.05) is 0 Å². The first-order valence-corrected chi connectivity index (χ1v) is 6.81. The quantitative estimate of drug-likeness (QED) is 0.669. The molecule has 1 nitrogen and oxygen atoms in total. The van der Waals surface area contributed by atoms with Crippen molar-refractivity contribution >= 4 is 45.8 Å². The van der Waals surface area contributed by atoms with Crippen molar-refractivity contribution in [2.45, 2.75) is 6.61 Å². The van der Waals surface area contributed by atoms with Crippen LogP contribution in [0.1, 0.15) is 5.56 Å². The topological polar surface area (TPSA) is 9.23 Å². The third kappa shape index (κ3) is 3.50. The molecule has 0 amide bonds. The molecule has 2 aromatic rings. The Balaban J connectivity index is 2.08. The van der Waals surface area contributed by atoms with Crippen molar-refractivity contribution in [1.29, 1.82) is 0 Å². The molecule has 0 aliphatic heterocycles. The van der Waals surface area contributed by atoms with Crippen LogP contribution in [0.5, 0.6) is 5.75 Å². The Hall–Kier alpha value is -0.450. The Morgan fingerprint density at radius 1 is 1.00 bits per heavy atom. The fraction of sp³-hybridized carbons (Fsp3) is 0.0769. The number of para-hydroxylation sites is 1. The summed E-state index contributed by atoms with van der Waals surface area (Å²) in [7, 11) is 0. The van der Waals surface area contributed by atoms with Crippen LogP contribution in [-0.4, -0.2) is 0 Å². The number of hydrogen-bond acceptors (Lipinski definition) is 1. The Labute approximate surface area is 124 Å². The maximum Gasteiger partial charge on any atom is 0.133 e. The molecular weight excluding hydrogens is 370 g/mol. The van der Waals surface area contributed by atoms with Crippen molar-refractivity contribution in [3.63, 3.8) is 0 Å². The lowest BCUT2D eigenvalue weighted by molar-refractivity contribution is 0.304. The van der Waals surface area contributed by atoms with Gasteiger partial charge in [0.25, 0.3) is 0 Å². The van der Waals surface area contributed by atoms with Crippen LogP contribution in [0.2, 0.25) is 10.0 Å². The van der Waals surface area contributed by atoms with Crippen LogP contribution < -0.4 is 4.74 Å². The van der Waals surface area contributed by atoms with Crippen LogP contribution in [0, 0.1) is 3.57 Å². The number of benzene rings is 2. The van der Waals surface area contributed by atoms with Gasteiger partial charge in [-0.25, -0.2) is 0 Å². The third-order valence-electron chi connectivity index (χ3n) is 2.22. The molecule has 0 fully saturated rings. The monoisotopic (exact) mass is 378 g/mol. The van der Waals surface area contributed by atoms with Crippen molar-refractivity contribution in [2.75, 3.05) is 0 Å². The summed E-state index contributed by atoms with van der Waals surface area (Å²) in [5.74, 6) is 0.874. The Morgan fingerprint density at radius 3 is 2.47 bits per heavy atom. The van der Waals surface area contributed by atoms with Gasteiger partial charge in [-0.1, -0.05) is 41.4 Å². The minimum atomic E-state index is 0.483. The van der Waals surface area contributed by atoms with E-state index >= 15 is 0 Å².